The van der Waals surface area contributed by atoms with Gasteiger partial charge in [0.25, 0.3) is 0 Å². The van der Waals surface area contributed by atoms with E-state index in [9.17, 15) is 45.6 Å². The van der Waals surface area contributed by atoms with Gasteiger partial charge in [-0.3, -0.25) is 4.79 Å². The Kier molecular flexibility index (Phi) is 58.9. The van der Waals surface area contributed by atoms with E-state index in [1.54, 1.807) is 6.08 Å². The molecule has 2 fully saturated rings. The molecule has 14 heteroatoms. The van der Waals surface area contributed by atoms with Crippen molar-refractivity contribution in [3.8, 4) is 0 Å². The second-order valence-electron chi connectivity index (χ2n) is 26.0. The smallest absolute Gasteiger partial charge is 0.220 e. The van der Waals surface area contributed by atoms with Gasteiger partial charge in [-0.2, -0.15) is 0 Å². The topological polar surface area (TPSA) is 228 Å². The highest BCUT2D eigenvalue weighted by Crippen LogP contribution is 2.30. The number of carbonyl (C=O) groups excluding carboxylic acids is 1. The van der Waals surface area contributed by atoms with Crippen LogP contribution in [0.1, 0.15) is 271 Å². The number of hydrogen-bond acceptors (Lipinski definition) is 13. The summed E-state index contributed by atoms with van der Waals surface area (Å²) in [5, 5.41) is 87.5. The molecule has 2 rings (SSSR count). The predicted molar refractivity (Wildman–Crippen MR) is 396 cm³/mol. The van der Waals surface area contributed by atoms with Crippen molar-refractivity contribution in [2.75, 3.05) is 19.8 Å². The normalized spacial score (nSPS) is 23.1. The fourth-order valence-corrected chi connectivity index (χ4v) is 11.5. The second kappa shape index (κ2) is 64.3. The summed E-state index contributed by atoms with van der Waals surface area (Å²) in [6.07, 6.45) is 80.4. The number of hydrogen-bond donors (Lipinski definition) is 9. The summed E-state index contributed by atoms with van der Waals surface area (Å²) in [6, 6.07) is -0.932. The Bertz CT molecular complexity index is 2180. The average Bonchev–Trinajstić information content (AvgIpc) is 0.807. The molecule has 0 aromatic carbocycles. The van der Waals surface area contributed by atoms with Crippen LogP contribution in [0.2, 0.25) is 0 Å². The highest BCUT2D eigenvalue weighted by molar-refractivity contribution is 5.76. The van der Waals surface area contributed by atoms with Crippen LogP contribution in [0.15, 0.2) is 146 Å². The average molecular weight is 1340 g/mol. The molecular weight excluding hydrogens is 1210 g/mol. The fraction of sp³-hybridized carbons (Fsp3) is 0.695. The van der Waals surface area contributed by atoms with Gasteiger partial charge in [0.1, 0.15) is 48.8 Å². The quantitative estimate of drug-likeness (QED) is 0.0204. The molecule has 9 N–H and O–H groups in total. The molecular formula is C82H137NO13. The van der Waals surface area contributed by atoms with Gasteiger partial charge in [-0.05, 0) is 103 Å². The minimum absolute atomic E-state index is 0.254. The summed E-state index contributed by atoms with van der Waals surface area (Å²) < 4.78 is 22.9. The number of ether oxygens (including phenoxy) is 4. The minimum Gasteiger partial charge on any atom is -0.394 e. The Morgan fingerprint density at radius 2 is 0.719 bits per heavy atom. The Hall–Kier alpha value is -4.13. The molecule has 12 atom stereocenters. The van der Waals surface area contributed by atoms with Gasteiger partial charge in [0.15, 0.2) is 12.6 Å². The predicted octanol–water partition coefficient (Wildman–Crippen LogP) is 16.8. The standard InChI is InChI=1S/C82H137NO13/c1-3-5-7-9-11-13-15-17-19-21-23-25-26-27-28-29-30-31-32-33-34-35-36-37-38-39-40-41-42-43-44-46-48-50-52-54-56-58-60-62-64-66-74(87)83-70(71(86)65-63-61-59-57-55-53-51-49-47-45-24-22-20-18-16-14-12-10-8-6-4-2)69-93-81-79(92)77(90)80(73(68-85)95-81)96-82-78(91)76(89)75(88)72(67-84)94-82/h5,7,11,13,17,19,23,25,27-28,30-31,33-34,36-37,39-40,42-43,46,48,63,65,70-73,75-82,84-86,88-92H,3-4,6,8-10,12,14-16,18,20-22,24,26,29,32,35,38,41,44-45,47,49-62,64,66-69H2,1-2H3,(H,83,87)/b7-5-,13-11-,19-17-,25-23-,28-27-,31-30-,34-33-,37-36-,40-39-,43-42-,48-46-,65-63+. The zero-order valence-corrected chi connectivity index (χ0v) is 59.8. The number of rotatable bonds is 61. The Balaban J connectivity index is 1.64. The van der Waals surface area contributed by atoms with Crippen molar-refractivity contribution in [2.45, 2.75) is 344 Å². The van der Waals surface area contributed by atoms with Gasteiger partial charge in [0.2, 0.25) is 5.91 Å². The monoisotopic (exact) mass is 1340 g/mol. The van der Waals surface area contributed by atoms with E-state index in [4.69, 9.17) is 18.9 Å². The van der Waals surface area contributed by atoms with Crippen LogP contribution < -0.4 is 5.32 Å². The summed E-state index contributed by atoms with van der Waals surface area (Å²) in [5.41, 5.74) is 0. The van der Waals surface area contributed by atoms with Gasteiger partial charge in [0.05, 0.1) is 32.0 Å². The summed E-state index contributed by atoms with van der Waals surface area (Å²) in [5.74, 6) is -0.254. The zero-order valence-electron chi connectivity index (χ0n) is 59.8. The molecule has 548 valence electrons. The lowest BCUT2D eigenvalue weighted by atomic mass is 9.97. The van der Waals surface area contributed by atoms with Gasteiger partial charge < -0.3 is 65.1 Å². The van der Waals surface area contributed by atoms with Crippen molar-refractivity contribution >= 4 is 5.91 Å². The highest BCUT2D eigenvalue weighted by atomic mass is 16.7. The zero-order chi connectivity index (χ0) is 69.4. The summed E-state index contributed by atoms with van der Waals surface area (Å²) >= 11 is 0. The first-order valence-electron chi connectivity index (χ1n) is 38.1. The molecule has 0 spiro atoms. The van der Waals surface area contributed by atoms with Crippen molar-refractivity contribution in [3.05, 3.63) is 146 Å². The lowest BCUT2D eigenvalue weighted by Crippen LogP contribution is -2.65. The van der Waals surface area contributed by atoms with Gasteiger partial charge >= 0.3 is 0 Å². The molecule has 2 aliphatic heterocycles. The summed E-state index contributed by atoms with van der Waals surface area (Å²) in [6.45, 7) is 2.69. The molecule has 1 amide bonds. The number of allylic oxidation sites excluding steroid dienone is 23. The third kappa shape index (κ3) is 47.0. The maximum Gasteiger partial charge on any atom is 0.220 e. The van der Waals surface area contributed by atoms with Crippen molar-refractivity contribution in [3.63, 3.8) is 0 Å². The number of aliphatic hydroxyl groups excluding tert-OH is 8. The molecule has 2 aliphatic rings. The van der Waals surface area contributed by atoms with Gasteiger partial charge in [-0.1, -0.05) is 307 Å². The molecule has 96 heavy (non-hydrogen) atoms. The molecule has 2 heterocycles. The summed E-state index contributed by atoms with van der Waals surface area (Å²) in [4.78, 5) is 13.4. The Labute approximate surface area is 583 Å². The van der Waals surface area contributed by atoms with Crippen molar-refractivity contribution < 1.29 is 64.6 Å². The lowest BCUT2D eigenvalue weighted by Gasteiger charge is -2.46. The van der Waals surface area contributed by atoms with E-state index >= 15 is 0 Å². The van der Waals surface area contributed by atoms with Crippen LogP contribution >= 0.6 is 0 Å². The SMILES string of the molecule is CC/C=C\C/C=C\C/C=C\C/C=C\C/C=C\C/C=C\C/C=C\C/C=C\C/C=C\C/C=C\C/C=C\CCCCCCCCCC(=O)NC(COC1OC(CO)C(OC2OC(CO)C(O)C(O)C2O)C(O)C1O)C(O)/C=C/CCCCCCCCCCCCCCCCCCCCC. The first-order chi connectivity index (χ1) is 47.1. The van der Waals surface area contributed by atoms with Gasteiger partial charge in [0, 0.05) is 6.42 Å². The molecule has 0 bridgehead atoms. The van der Waals surface area contributed by atoms with Crippen LogP contribution in [0.3, 0.4) is 0 Å². The molecule has 0 aliphatic carbocycles. The maximum atomic E-state index is 13.4. The van der Waals surface area contributed by atoms with Gasteiger partial charge in [-0.25, -0.2) is 0 Å². The van der Waals surface area contributed by atoms with Crippen LogP contribution in [0.5, 0.6) is 0 Å². The van der Waals surface area contributed by atoms with Crippen LogP contribution in [-0.4, -0.2) is 140 Å². The van der Waals surface area contributed by atoms with Gasteiger partial charge in [-0.15, -0.1) is 0 Å². The highest BCUT2D eigenvalue weighted by Gasteiger charge is 2.51. The minimum atomic E-state index is -1.80. The first-order valence-corrected chi connectivity index (χ1v) is 38.1. The number of amides is 1. The number of carbonyl (C=O) groups is 1. The maximum absolute atomic E-state index is 13.4. The third-order valence-corrected chi connectivity index (χ3v) is 17.5. The largest absolute Gasteiger partial charge is 0.394 e. The van der Waals surface area contributed by atoms with Crippen LogP contribution in [0.4, 0.5) is 0 Å². The van der Waals surface area contributed by atoms with E-state index in [1.807, 2.05) is 6.08 Å². The Morgan fingerprint density at radius 1 is 0.385 bits per heavy atom. The molecule has 12 unspecified atom stereocenters. The van der Waals surface area contributed by atoms with Crippen LogP contribution in [0.25, 0.3) is 0 Å². The second-order valence-corrected chi connectivity index (χ2v) is 26.0. The number of unbranched alkanes of at least 4 members (excludes halogenated alkanes) is 26. The van der Waals surface area contributed by atoms with Crippen molar-refractivity contribution in [2.24, 2.45) is 0 Å². The first kappa shape index (κ1) is 88.0. The van der Waals surface area contributed by atoms with E-state index in [2.05, 4.69) is 153 Å². The lowest BCUT2D eigenvalue weighted by molar-refractivity contribution is -0.359. The van der Waals surface area contributed by atoms with Crippen molar-refractivity contribution in [1.82, 2.24) is 5.32 Å². The molecule has 14 nitrogen and oxygen atoms in total. The van der Waals surface area contributed by atoms with Crippen LogP contribution in [-0.2, 0) is 23.7 Å². The Morgan fingerprint density at radius 3 is 1.10 bits per heavy atom. The van der Waals surface area contributed by atoms with E-state index in [0.717, 1.165) is 135 Å². The van der Waals surface area contributed by atoms with E-state index < -0.39 is 86.8 Å². The summed E-state index contributed by atoms with van der Waals surface area (Å²) in [7, 11) is 0. The fourth-order valence-electron chi connectivity index (χ4n) is 11.5. The van der Waals surface area contributed by atoms with E-state index in [0.29, 0.717) is 6.42 Å². The van der Waals surface area contributed by atoms with E-state index in [1.165, 1.54) is 109 Å². The molecule has 0 aromatic heterocycles. The number of nitrogens with one attached hydrogen (secondary N) is 1. The molecule has 0 radical (unpaired) electrons. The number of aliphatic hydroxyl groups is 8. The third-order valence-electron chi connectivity index (χ3n) is 17.5. The molecule has 2 saturated heterocycles. The molecule has 0 aromatic rings. The molecule has 0 saturated carbocycles. The van der Waals surface area contributed by atoms with Crippen molar-refractivity contribution in [1.29, 1.82) is 0 Å². The van der Waals surface area contributed by atoms with Crippen LogP contribution in [0, 0.1) is 0 Å². The van der Waals surface area contributed by atoms with E-state index in [-0.39, 0.29) is 18.9 Å².